The van der Waals surface area contributed by atoms with Gasteiger partial charge in [-0.15, -0.1) is 0 Å². The summed E-state index contributed by atoms with van der Waals surface area (Å²) in [5, 5.41) is 3.69. The molecule has 1 saturated heterocycles. The summed E-state index contributed by atoms with van der Waals surface area (Å²) in [7, 11) is -2.76. The monoisotopic (exact) mass is 302 g/mol. The number of nitrogens with one attached hydrogen (secondary N) is 1. The summed E-state index contributed by atoms with van der Waals surface area (Å²) < 4.78 is 23.0. The molecule has 0 radical (unpaired) electrons. The first kappa shape index (κ1) is 16.2. The molecule has 2 rings (SSSR count). The highest BCUT2D eigenvalue weighted by atomic mass is 32.2. The second-order valence-corrected chi connectivity index (χ2v) is 9.43. The predicted molar refractivity (Wildman–Crippen MR) is 83.7 cm³/mol. The first-order valence-corrected chi connectivity index (χ1v) is 9.82. The maximum Gasteiger partial charge on any atom is 0.152 e. The maximum atomic E-state index is 11.5. The molecule has 2 fully saturated rings. The second-order valence-electron chi connectivity index (χ2n) is 7.13. The summed E-state index contributed by atoms with van der Waals surface area (Å²) in [6.07, 6.45) is 3.85. The van der Waals surface area contributed by atoms with Gasteiger partial charge in [-0.1, -0.05) is 27.2 Å². The molecule has 2 atom stereocenters. The van der Waals surface area contributed by atoms with Gasteiger partial charge in [-0.25, -0.2) is 8.42 Å². The largest absolute Gasteiger partial charge is 0.313 e. The summed E-state index contributed by atoms with van der Waals surface area (Å²) >= 11 is 0. The summed E-state index contributed by atoms with van der Waals surface area (Å²) in [6, 6.07) is 0.555. The molecule has 20 heavy (non-hydrogen) atoms. The molecule has 2 unspecified atom stereocenters. The van der Waals surface area contributed by atoms with Crippen molar-refractivity contribution in [1.29, 1.82) is 0 Å². The Morgan fingerprint density at radius 3 is 2.50 bits per heavy atom. The Morgan fingerprint density at radius 1 is 1.25 bits per heavy atom. The topological polar surface area (TPSA) is 49.4 Å². The van der Waals surface area contributed by atoms with Crippen LogP contribution in [0.4, 0.5) is 0 Å². The fourth-order valence-corrected chi connectivity index (χ4v) is 5.18. The molecule has 4 nitrogen and oxygen atoms in total. The molecule has 1 saturated carbocycles. The van der Waals surface area contributed by atoms with Crippen LogP contribution in [-0.2, 0) is 9.84 Å². The molecule has 2 aliphatic rings. The summed E-state index contributed by atoms with van der Waals surface area (Å²) in [4.78, 5) is 2.36. The second kappa shape index (κ2) is 6.32. The average molecular weight is 302 g/mol. The molecule has 118 valence electrons. The van der Waals surface area contributed by atoms with Gasteiger partial charge < -0.3 is 10.2 Å². The van der Waals surface area contributed by atoms with Crippen LogP contribution < -0.4 is 5.32 Å². The lowest BCUT2D eigenvalue weighted by Gasteiger charge is -2.46. The van der Waals surface area contributed by atoms with Gasteiger partial charge in [0, 0.05) is 25.7 Å². The Bertz CT molecular complexity index is 406. The van der Waals surface area contributed by atoms with Gasteiger partial charge in [0.15, 0.2) is 9.84 Å². The van der Waals surface area contributed by atoms with Crippen molar-refractivity contribution >= 4 is 9.84 Å². The number of rotatable bonds is 4. The van der Waals surface area contributed by atoms with Gasteiger partial charge in [-0.2, -0.15) is 0 Å². The van der Waals surface area contributed by atoms with E-state index in [2.05, 4.69) is 31.0 Å². The van der Waals surface area contributed by atoms with Gasteiger partial charge in [0.25, 0.3) is 0 Å². The standard InChI is InChI=1S/C15H30N2O2S/c1-4-16-14-13(6-5-7-15(14,2)3)12-17-8-10-20(18,19)11-9-17/h13-14,16H,4-12H2,1-3H3. The smallest absolute Gasteiger partial charge is 0.152 e. The first-order chi connectivity index (χ1) is 9.34. The molecule has 1 N–H and O–H groups in total. The van der Waals surface area contributed by atoms with Crippen molar-refractivity contribution in [3.8, 4) is 0 Å². The van der Waals surface area contributed by atoms with Crippen molar-refractivity contribution < 1.29 is 8.42 Å². The molecule has 1 aliphatic carbocycles. The highest BCUT2D eigenvalue weighted by Gasteiger charge is 2.39. The van der Waals surface area contributed by atoms with Crippen LogP contribution >= 0.6 is 0 Å². The minimum absolute atomic E-state index is 0.342. The number of sulfone groups is 1. The van der Waals surface area contributed by atoms with E-state index in [4.69, 9.17) is 0 Å². The van der Waals surface area contributed by atoms with Crippen LogP contribution in [0.15, 0.2) is 0 Å². The van der Waals surface area contributed by atoms with Gasteiger partial charge in [-0.05, 0) is 30.7 Å². The minimum Gasteiger partial charge on any atom is -0.313 e. The van der Waals surface area contributed by atoms with Gasteiger partial charge in [0.05, 0.1) is 11.5 Å². The Hall–Kier alpha value is -0.130. The highest BCUT2D eigenvalue weighted by Crippen LogP contribution is 2.39. The van der Waals surface area contributed by atoms with Crippen molar-refractivity contribution in [2.45, 2.75) is 46.1 Å². The van der Waals surface area contributed by atoms with Crippen molar-refractivity contribution in [3.05, 3.63) is 0 Å². The Labute approximate surface area is 124 Å². The van der Waals surface area contributed by atoms with Crippen LogP contribution in [0.25, 0.3) is 0 Å². The van der Waals surface area contributed by atoms with E-state index >= 15 is 0 Å². The van der Waals surface area contributed by atoms with E-state index in [0.717, 1.165) is 26.2 Å². The third kappa shape index (κ3) is 3.95. The van der Waals surface area contributed by atoms with E-state index < -0.39 is 9.84 Å². The van der Waals surface area contributed by atoms with E-state index in [0.29, 0.717) is 28.9 Å². The lowest BCUT2D eigenvalue weighted by Crippen LogP contribution is -2.54. The molecule has 0 amide bonds. The molecule has 0 spiro atoms. The molecular formula is C15H30N2O2S. The molecule has 0 aromatic heterocycles. The van der Waals surface area contributed by atoms with E-state index in [1.54, 1.807) is 0 Å². The number of hydrogen-bond donors (Lipinski definition) is 1. The van der Waals surface area contributed by atoms with Crippen LogP contribution in [0.1, 0.15) is 40.0 Å². The van der Waals surface area contributed by atoms with Gasteiger partial charge >= 0.3 is 0 Å². The quantitative estimate of drug-likeness (QED) is 0.855. The van der Waals surface area contributed by atoms with Crippen LogP contribution in [0.5, 0.6) is 0 Å². The molecule has 0 bridgehead atoms. The third-order valence-corrected chi connectivity index (χ3v) is 6.67. The average Bonchev–Trinajstić information content (AvgIpc) is 2.36. The van der Waals surface area contributed by atoms with Gasteiger partial charge in [0.1, 0.15) is 0 Å². The Kier molecular flexibility index (Phi) is 5.14. The number of hydrogen-bond acceptors (Lipinski definition) is 4. The van der Waals surface area contributed by atoms with E-state index in [-0.39, 0.29) is 0 Å². The van der Waals surface area contributed by atoms with Crippen LogP contribution in [0.3, 0.4) is 0 Å². The van der Waals surface area contributed by atoms with Crippen molar-refractivity contribution in [2.75, 3.05) is 37.7 Å². The zero-order valence-electron chi connectivity index (χ0n) is 13.2. The van der Waals surface area contributed by atoms with Gasteiger partial charge in [-0.3, -0.25) is 0 Å². The SMILES string of the molecule is CCNC1C(CN2CCS(=O)(=O)CC2)CCCC1(C)C. The first-order valence-electron chi connectivity index (χ1n) is 8.00. The van der Waals surface area contributed by atoms with Crippen LogP contribution in [0.2, 0.25) is 0 Å². The zero-order chi connectivity index (χ0) is 14.8. The Morgan fingerprint density at radius 2 is 1.90 bits per heavy atom. The van der Waals surface area contributed by atoms with Gasteiger partial charge in [0.2, 0.25) is 0 Å². The molecule has 1 aliphatic heterocycles. The molecule has 5 heteroatoms. The van der Waals surface area contributed by atoms with Crippen molar-refractivity contribution in [3.63, 3.8) is 0 Å². The lowest BCUT2D eigenvalue weighted by atomic mass is 9.67. The Balaban J connectivity index is 1.96. The normalized spacial score (nSPS) is 34.0. The predicted octanol–water partition coefficient (Wildman–Crippen LogP) is 1.52. The van der Waals surface area contributed by atoms with Crippen molar-refractivity contribution in [1.82, 2.24) is 10.2 Å². The minimum atomic E-state index is -2.76. The van der Waals surface area contributed by atoms with Crippen LogP contribution in [0, 0.1) is 11.3 Å². The zero-order valence-corrected chi connectivity index (χ0v) is 14.0. The van der Waals surface area contributed by atoms with E-state index in [1.807, 2.05) is 0 Å². The fraction of sp³-hybridized carbons (Fsp3) is 1.00. The lowest BCUT2D eigenvalue weighted by molar-refractivity contribution is 0.0820. The van der Waals surface area contributed by atoms with E-state index in [9.17, 15) is 8.42 Å². The summed E-state index contributed by atoms with van der Waals surface area (Å²) in [5.74, 6) is 1.34. The molecular weight excluding hydrogens is 272 g/mol. The number of nitrogens with zero attached hydrogens (tertiary/aromatic N) is 1. The van der Waals surface area contributed by atoms with Crippen LogP contribution in [-0.4, -0.2) is 57.0 Å². The molecule has 0 aromatic carbocycles. The summed E-state index contributed by atoms with van der Waals surface area (Å²) in [6.45, 7) is 10.4. The highest BCUT2D eigenvalue weighted by molar-refractivity contribution is 7.91. The maximum absolute atomic E-state index is 11.5. The fourth-order valence-electron chi connectivity index (χ4n) is 3.90. The molecule has 0 aromatic rings. The van der Waals surface area contributed by atoms with E-state index in [1.165, 1.54) is 19.3 Å². The van der Waals surface area contributed by atoms with Crippen molar-refractivity contribution in [2.24, 2.45) is 11.3 Å². The third-order valence-electron chi connectivity index (χ3n) is 5.06. The molecule has 1 heterocycles. The summed E-state index contributed by atoms with van der Waals surface area (Å²) in [5.41, 5.74) is 0.348.